The average molecular weight is 208 g/mol. The molecule has 0 nitrogen and oxygen atoms in total. The van der Waals surface area contributed by atoms with E-state index in [0.717, 1.165) is 12.2 Å². The van der Waals surface area contributed by atoms with Gasteiger partial charge >= 0.3 is 0 Å². The molecule has 0 atom stereocenters. The molecule has 1 heterocycles. The monoisotopic (exact) mass is 208 g/mol. The first-order valence-corrected chi connectivity index (χ1v) is 5.99. The molecule has 1 aromatic carbocycles. The van der Waals surface area contributed by atoms with Gasteiger partial charge in [0, 0.05) is 4.70 Å². The van der Waals surface area contributed by atoms with Gasteiger partial charge in [-0.25, -0.2) is 0 Å². The lowest BCUT2D eigenvalue weighted by molar-refractivity contribution is 0.948. The molecular formula is C11H12S2. The van der Waals surface area contributed by atoms with Gasteiger partial charge in [-0.2, -0.15) is 12.6 Å². The zero-order valence-corrected chi connectivity index (χ0v) is 9.07. The van der Waals surface area contributed by atoms with Gasteiger partial charge in [0.25, 0.3) is 0 Å². The van der Waals surface area contributed by atoms with Crippen LogP contribution in [0.3, 0.4) is 0 Å². The summed E-state index contributed by atoms with van der Waals surface area (Å²) >= 11 is 6.07. The van der Waals surface area contributed by atoms with Gasteiger partial charge in [0.05, 0.1) is 0 Å². The number of thiol groups is 1. The first-order valence-electron chi connectivity index (χ1n) is 4.48. The summed E-state index contributed by atoms with van der Waals surface area (Å²) in [6, 6.07) is 8.60. The molecule has 0 N–H and O–H groups in total. The molecule has 0 saturated carbocycles. The minimum absolute atomic E-state index is 0.976. The van der Waals surface area contributed by atoms with Crippen LogP contribution in [-0.2, 0) is 6.42 Å². The first kappa shape index (κ1) is 9.10. The molecule has 2 rings (SSSR count). The summed E-state index contributed by atoms with van der Waals surface area (Å²) < 4.78 is 1.40. The third kappa shape index (κ3) is 1.89. The second-order valence-electron chi connectivity index (χ2n) is 3.08. The van der Waals surface area contributed by atoms with Crippen molar-refractivity contribution in [3.8, 4) is 0 Å². The number of rotatable bonds is 3. The predicted molar refractivity (Wildman–Crippen MR) is 64.0 cm³/mol. The molecule has 2 aromatic rings. The van der Waals surface area contributed by atoms with Crippen LogP contribution < -0.4 is 0 Å². The van der Waals surface area contributed by atoms with Gasteiger partial charge in [-0.3, -0.25) is 0 Å². The van der Waals surface area contributed by atoms with Crippen LogP contribution in [0.2, 0.25) is 0 Å². The standard InChI is InChI=1S/C11H12S2/c12-7-3-4-9-8-13-11-6-2-1-5-10(9)11/h1-2,5-6,8,12H,3-4,7H2. The summed E-state index contributed by atoms with van der Waals surface area (Å²) in [5.41, 5.74) is 1.48. The number of benzene rings is 1. The van der Waals surface area contributed by atoms with Gasteiger partial charge in [-0.05, 0) is 41.0 Å². The number of fused-ring (bicyclic) bond motifs is 1. The molecule has 0 saturated heterocycles. The Balaban J connectivity index is 2.35. The van der Waals surface area contributed by atoms with Gasteiger partial charge in [-0.15, -0.1) is 11.3 Å². The van der Waals surface area contributed by atoms with Gasteiger partial charge < -0.3 is 0 Å². The number of hydrogen-bond donors (Lipinski definition) is 1. The molecule has 0 fully saturated rings. The average Bonchev–Trinajstić information content (AvgIpc) is 2.58. The summed E-state index contributed by atoms with van der Waals surface area (Å²) in [4.78, 5) is 0. The highest BCUT2D eigenvalue weighted by Crippen LogP contribution is 2.26. The summed E-state index contributed by atoms with van der Waals surface area (Å²) in [5, 5.41) is 3.70. The maximum Gasteiger partial charge on any atom is 0.0345 e. The fourth-order valence-electron chi connectivity index (χ4n) is 1.50. The van der Waals surface area contributed by atoms with Crippen LogP contribution in [0.15, 0.2) is 29.6 Å². The van der Waals surface area contributed by atoms with Crippen LogP contribution in [0.25, 0.3) is 10.1 Å². The fourth-order valence-corrected chi connectivity index (χ4v) is 2.65. The topological polar surface area (TPSA) is 0 Å². The molecule has 1 aromatic heterocycles. The van der Waals surface area contributed by atoms with E-state index in [4.69, 9.17) is 0 Å². The van der Waals surface area contributed by atoms with Crippen molar-refractivity contribution < 1.29 is 0 Å². The van der Waals surface area contributed by atoms with Crippen LogP contribution in [0.5, 0.6) is 0 Å². The van der Waals surface area contributed by atoms with Crippen LogP contribution in [0.4, 0.5) is 0 Å². The molecule has 0 spiro atoms. The molecule has 13 heavy (non-hydrogen) atoms. The normalized spacial score (nSPS) is 10.8. The zero-order valence-electron chi connectivity index (χ0n) is 7.36. The predicted octanol–water partition coefficient (Wildman–Crippen LogP) is 3.76. The van der Waals surface area contributed by atoms with E-state index < -0.39 is 0 Å². The Labute approximate surface area is 88.0 Å². The molecule has 0 unspecified atom stereocenters. The molecule has 0 bridgehead atoms. The summed E-state index contributed by atoms with van der Waals surface area (Å²) in [6.45, 7) is 0. The smallest absolute Gasteiger partial charge is 0.0345 e. The Morgan fingerprint density at radius 2 is 2.08 bits per heavy atom. The van der Waals surface area contributed by atoms with E-state index in [1.807, 2.05) is 11.3 Å². The van der Waals surface area contributed by atoms with E-state index >= 15 is 0 Å². The summed E-state index contributed by atoms with van der Waals surface area (Å²) in [6.07, 6.45) is 2.33. The Bertz CT molecular complexity index is 390. The molecule has 0 amide bonds. The Hall–Kier alpha value is -0.470. The molecule has 0 aliphatic carbocycles. The van der Waals surface area contributed by atoms with E-state index in [2.05, 4.69) is 42.3 Å². The van der Waals surface area contributed by atoms with E-state index in [9.17, 15) is 0 Å². The number of thiophene rings is 1. The van der Waals surface area contributed by atoms with Crippen molar-refractivity contribution in [2.24, 2.45) is 0 Å². The van der Waals surface area contributed by atoms with E-state index in [1.165, 1.54) is 22.1 Å². The minimum Gasteiger partial charge on any atom is -0.179 e. The van der Waals surface area contributed by atoms with Crippen LogP contribution in [-0.4, -0.2) is 5.75 Å². The van der Waals surface area contributed by atoms with E-state index in [1.54, 1.807) is 0 Å². The maximum absolute atomic E-state index is 4.23. The maximum atomic E-state index is 4.23. The van der Waals surface area contributed by atoms with Crippen LogP contribution in [0, 0.1) is 0 Å². The second kappa shape index (κ2) is 4.16. The lowest BCUT2D eigenvalue weighted by Gasteiger charge is -1.96. The van der Waals surface area contributed by atoms with Gasteiger partial charge in [0.2, 0.25) is 0 Å². The summed E-state index contributed by atoms with van der Waals surface area (Å²) in [7, 11) is 0. The molecule has 0 radical (unpaired) electrons. The van der Waals surface area contributed by atoms with Crippen molar-refractivity contribution in [3.05, 3.63) is 35.2 Å². The van der Waals surface area contributed by atoms with Crippen molar-refractivity contribution in [1.29, 1.82) is 0 Å². The fraction of sp³-hybridized carbons (Fsp3) is 0.273. The lowest BCUT2D eigenvalue weighted by Crippen LogP contribution is -1.83. The van der Waals surface area contributed by atoms with Crippen LogP contribution in [0.1, 0.15) is 12.0 Å². The van der Waals surface area contributed by atoms with E-state index in [-0.39, 0.29) is 0 Å². The number of aryl methyl sites for hydroxylation is 1. The van der Waals surface area contributed by atoms with Crippen molar-refractivity contribution in [3.63, 3.8) is 0 Å². The zero-order chi connectivity index (χ0) is 9.10. The largest absolute Gasteiger partial charge is 0.179 e. The SMILES string of the molecule is SCCCc1csc2ccccc12. The Kier molecular flexibility index (Phi) is 2.91. The molecule has 68 valence electrons. The molecule has 2 heteroatoms. The highest BCUT2D eigenvalue weighted by molar-refractivity contribution is 7.80. The second-order valence-corrected chi connectivity index (χ2v) is 4.44. The van der Waals surface area contributed by atoms with Crippen molar-refractivity contribution in [1.82, 2.24) is 0 Å². The van der Waals surface area contributed by atoms with Gasteiger partial charge in [0.1, 0.15) is 0 Å². The van der Waals surface area contributed by atoms with E-state index in [0.29, 0.717) is 0 Å². The minimum atomic E-state index is 0.976. The first-order chi connectivity index (χ1) is 6.42. The Morgan fingerprint density at radius 3 is 2.92 bits per heavy atom. The third-order valence-electron chi connectivity index (χ3n) is 2.17. The highest BCUT2D eigenvalue weighted by atomic mass is 32.1. The Morgan fingerprint density at radius 1 is 1.23 bits per heavy atom. The van der Waals surface area contributed by atoms with Crippen molar-refractivity contribution in [2.45, 2.75) is 12.8 Å². The van der Waals surface area contributed by atoms with Gasteiger partial charge in [-0.1, -0.05) is 18.2 Å². The van der Waals surface area contributed by atoms with Crippen LogP contribution >= 0.6 is 24.0 Å². The highest BCUT2D eigenvalue weighted by Gasteiger charge is 2.01. The lowest BCUT2D eigenvalue weighted by atomic mass is 10.1. The molecule has 0 aliphatic rings. The third-order valence-corrected chi connectivity index (χ3v) is 3.49. The quantitative estimate of drug-likeness (QED) is 0.729. The molecular weight excluding hydrogens is 196 g/mol. The number of hydrogen-bond acceptors (Lipinski definition) is 2. The summed E-state index contributed by atoms with van der Waals surface area (Å²) in [5.74, 6) is 0.976. The van der Waals surface area contributed by atoms with Gasteiger partial charge in [0.15, 0.2) is 0 Å². The molecule has 0 aliphatic heterocycles. The van der Waals surface area contributed by atoms with Crippen molar-refractivity contribution in [2.75, 3.05) is 5.75 Å². The van der Waals surface area contributed by atoms with Crippen molar-refractivity contribution >= 4 is 34.1 Å².